The molecule has 0 radical (unpaired) electrons. The number of rotatable bonds is 3. The molecule has 0 atom stereocenters. The van der Waals surface area contributed by atoms with Crippen LogP contribution in [0.25, 0.3) is 0 Å². The van der Waals surface area contributed by atoms with Gasteiger partial charge in [0.15, 0.2) is 5.75 Å². The molecule has 7 heteroatoms. The summed E-state index contributed by atoms with van der Waals surface area (Å²) in [7, 11) is 0. The van der Waals surface area contributed by atoms with Gasteiger partial charge in [-0.15, -0.1) is 0 Å². The second-order valence-corrected chi connectivity index (χ2v) is 5.23. The normalized spacial score (nSPS) is 11.0. The van der Waals surface area contributed by atoms with E-state index in [2.05, 4.69) is 4.99 Å². The number of hydrogen-bond acceptors (Lipinski definition) is 3. The highest BCUT2D eigenvalue weighted by Crippen LogP contribution is 2.38. The Hall–Kier alpha value is -2.30. The molecule has 0 bridgehead atoms. The number of alkyl halides is 3. The summed E-state index contributed by atoms with van der Waals surface area (Å²) < 4.78 is 43.7. The van der Waals surface area contributed by atoms with Gasteiger partial charge in [0.2, 0.25) is 6.08 Å². The SMILES string of the molecule is Cc1cc(Oc2ccc(C(F)(F)F)cc2N=C=O)cc(C)c1Cl. The number of benzene rings is 2. The molecule has 0 aliphatic carbocycles. The minimum Gasteiger partial charge on any atom is -0.455 e. The van der Waals surface area contributed by atoms with Crippen LogP contribution in [-0.2, 0) is 11.0 Å². The van der Waals surface area contributed by atoms with E-state index in [0.29, 0.717) is 10.8 Å². The van der Waals surface area contributed by atoms with Gasteiger partial charge in [0, 0.05) is 5.02 Å². The van der Waals surface area contributed by atoms with Crippen molar-refractivity contribution in [3.8, 4) is 11.5 Å². The van der Waals surface area contributed by atoms with Crippen molar-refractivity contribution in [3.05, 3.63) is 52.0 Å². The molecule has 0 saturated heterocycles. The fraction of sp³-hybridized carbons (Fsp3) is 0.188. The number of nitrogens with zero attached hydrogens (tertiary/aromatic N) is 1. The van der Waals surface area contributed by atoms with Gasteiger partial charge < -0.3 is 4.74 Å². The molecule has 0 aromatic heterocycles. The molecule has 0 unspecified atom stereocenters. The minimum absolute atomic E-state index is 0.0162. The lowest BCUT2D eigenvalue weighted by atomic mass is 10.1. The average molecular weight is 342 g/mol. The van der Waals surface area contributed by atoms with Crippen molar-refractivity contribution in [2.24, 2.45) is 4.99 Å². The molecule has 120 valence electrons. The molecule has 0 heterocycles. The van der Waals surface area contributed by atoms with Gasteiger partial charge in [0.1, 0.15) is 11.4 Å². The predicted octanol–water partition coefficient (Wildman–Crippen LogP) is 5.74. The summed E-state index contributed by atoms with van der Waals surface area (Å²) in [6, 6.07) is 5.98. The fourth-order valence-corrected chi connectivity index (χ4v) is 2.12. The van der Waals surface area contributed by atoms with Crippen LogP contribution in [0.5, 0.6) is 11.5 Å². The van der Waals surface area contributed by atoms with Crippen molar-refractivity contribution in [3.63, 3.8) is 0 Å². The first-order chi connectivity index (χ1) is 10.7. The molecule has 2 aromatic rings. The van der Waals surface area contributed by atoms with Gasteiger partial charge in [-0.25, -0.2) is 4.79 Å². The van der Waals surface area contributed by atoms with Crippen molar-refractivity contribution in [1.29, 1.82) is 0 Å². The standard InChI is InChI=1S/C16H11ClF3NO2/c1-9-5-12(6-10(2)15(9)17)23-14-4-3-11(16(18,19)20)7-13(14)21-8-22/h3-7H,1-2H3. The van der Waals surface area contributed by atoms with Gasteiger partial charge in [-0.3, -0.25) is 0 Å². The molecule has 0 N–H and O–H groups in total. The first-order valence-corrected chi connectivity index (χ1v) is 6.84. The Labute approximate surface area is 135 Å². The first-order valence-electron chi connectivity index (χ1n) is 6.46. The molecule has 2 aromatic carbocycles. The number of aliphatic imine (C=N–C) groups is 1. The zero-order valence-corrected chi connectivity index (χ0v) is 12.9. The summed E-state index contributed by atoms with van der Waals surface area (Å²) in [6.07, 6.45) is -3.32. The van der Waals surface area contributed by atoms with Gasteiger partial charge in [0.25, 0.3) is 0 Å². The summed E-state index contributed by atoms with van der Waals surface area (Å²) in [5.41, 5.74) is 0.338. The van der Waals surface area contributed by atoms with Crippen LogP contribution in [-0.4, -0.2) is 6.08 Å². The molecule has 23 heavy (non-hydrogen) atoms. The largest absolute Gasteiger partial charge is 0.455 e. The van der Waals surface area contributed by atoms with Crippen LogP contribution in [0.15, 0.2) is 35.3 Å². The van der Waals surface area contributed by atoms with Crippen molar-refractivity contribution in [1.82, 2.24) is 0 Å². The van der Waals surface area contributed by atoms with Crippen molar-refractivity contribution >= 4 is 23.4 Å². The Morgan fingerprint density at radius 3 is 2.26 bits per heavy atom. The Balaban J connectivity index is 2.45. The maximum Gasteiger partial charge on any atom is 0.416 e. The number of halogens is 4. The summed E-state index contributed by atoms with van der Waals surface area (Å²) >= 11 is 6.05. The maximum atomic E-state index is 12.7. The van der Waals surface area contributed by atoms with Crippen LogP contribution in [0.2, 0.25) is 5.02 Å². The van der Waals surface area contributed by atoms with Crippen LogP contribution < -0.4 is 4.74 Å². The highest BCUT2D eigenvalue weighted by atomic mass is 35.5. The highest BCUT2D eigenvalue weighted by Gasteiger charge is 2.31. The third-order valence-corrected chi connectivity index (χ3v) is 3.69. The van der Waals surface area contributed by atoms with Gasteiger partial charge in [-0.1, -0.05) is 11.6 Å². The number of aryl methyl sites for hydroxylation is 2. The highest BCUT2D eigenvalue weighted by molar-refractivity contribution is 6.32. The molecule has 2 rings (SSSR count). The van der Waals surface area contributed by atoms with E-state index in [1.165, 1.54) is 6.08 Å². The Bertz CT molecular complexity index is 773. The van der Waals surface area contributed by atoms with Crippen molar-refractivity contribution < 1.29 is 22.7 Å². The topological polar surface area (TPSA) is 38.7 Å². The van der Waals surface area contributed by atoms with Gasteiger partial charge in [0.05, 0.1) is 5.56 Å². The van der Waals surface area contributed by atoms with E-state index in [0.717, 1.165) is 29.3 Å². The second kappa shape index (κ2) is 6.44. The van der Waals surface area contributed by atoms with Gasteiger partial charge in [-0.05, 0) is 55.3 Å². The van der Waals surface area contributed by atoms with Crippen LogP contribution in [0.1, 0.15) is 16.7 Å². The smallest absolute Gasteiger partial charge is 0.416 e. The molecule has 0 aliphatic heterocycles. The lowest BCUT2D eigenvalue weighted by molar-refractivity contribution is -0.137. The van der Waals surface area contributed by atoms with E-state index in [9.17, 15) is 18.0 Å². The van der Waals surface area contributed by atoms with E-state index < -0.39 is 11.7 Å². The van der Waals surface area contributed by atoms with Crippen LogP contribution in [0, 0.1) is 13.8 Å². The molecular weight excluding hydrogens is 331 g/mol. The summed E-state index contributed by atoms with van der Waals surface area (Å²) in [4.78, 5) is 13.7. The van der Waals surface area contributed by atoms with E-state index in [1.54, 1.807) is 26.0 Å². The predicted molar refractivity (Wildman–Crippen MR) is 80.2 cm³/mol. The number of hydrogen-bond donors (Lipinski definition) is 0. The van der Waals surface area contributed by atoms with Gasteiger partial charge >= 0.3 is 6.18 Å². The lowest BCUT2D eigenvalue weighted by Gasteiger charge is -2.13. The van der Waals surface area contributed by atoms with E-state index in [1.807, 2.05) is 0 Å². The lowest BCUT2D eigenvalue weighted by Crippen LogP contribution is -2.04. The van der Waals surface area contributed by atoms with Crippen LogP contribution in [0.4, 0.5) is 18.9 Å². The Morgan fingerprint density at radius 2 is 1.74 bits per heavy atom. The third-order valence-electron chi connectivity index (χ3n) is 3.09. The number of ether oxygens (including phenoxy) is 1. The van der Waals surface area contributed by atoms with Gasteiger partial charge in [-0.2, -0.15) is 18.2 Å². The first kappa shape index (κ1) is 17.1. The van der Waals surface area contributed by atoms with Crippen LogP contribution in [0.3, 0.4) is 0 Å². The quantitative estimate of drug-likeness (QED) is 0.527. The van der Waals surface area contributed by atoms with Crippen molar-refractivity contribution in [2.45, 2.75) is 20.0 Å². The summed E-state index contributed by atoms with van der Waals surface area (Å²) in [5.74, 6) is 0.397. The molecule has 0 fully saturated rings. The minimum atomic E-state index is -4.54. The number of isocyanates is 1. The molecule has 3 nitrogen and oxygen atoms in total. The Morgan fingerprint density at radius 1 is 1.13 bits per heavy atom. The molecule has 0 aliphatic rings. The molecular formula is C16H11ClF3NO2. The molecule has 0 amide bonds. The van der Waals surface area contributed by atoms with Crippen LogP contribution >= 0.6 is 11.6 Å². The number of carbonyl (C=O) groups excluding carboxylic acids is 1. The molecule has 0 spiro atoms. The zero-order chi connectivity index (χ0) is 17.2. The van der Waals surface area contributed by atoms with E-state index in [-0.39, 0.29) is 11.4 Å². The van der Waals surface area contributed by atoms with E-state index in [4.69, 9.17) is 16.3 Å². The van der Waals surface area contributed by atoms with E-state index >= 15 is 0 Å². The fourth-order valence-electron chi connectivity index (χ4n) is 2.01. The maximum absolute atomic E-state index is 12.7. The molecule has 0 saturated carbocycles. The van der Waals surface area contributed by atoms with Crippen molar-refractivity contribution in [2.75, 3.05) is 0 Å². The summed E-state index contributed by atoms with van der Waals surface area (Å²) in [5, 5.41) is 0.580. The zero-order valence-electron chi connectivity index (χ0n) is 12.2. The summed E-state index contributed by atoms with van der Waals surface area (Å²) in [6.45, 7) is 3.55. The monoisotopic (exact) mass is 341 g/mol. The average Bonchev–Trinajstić information content (AvgIpc) is 2.45. The second-order valence-electron chi connectivity index (χ2n) is 4.86. The third kappa shape index (κ3) is 3.92. The Kier molecular flexibility index (Phi) is 4.78.